The van der Waals surface area contributed by atoms with Crippen molar-refractivity contribution in [3.63, 3.8) is 0 Å². The smallest absolute Gasteiger partial charge is 0.0562 e. The first-order valence-corrected chi connectivity index (χ1v) is 51.6. The molecule has 4 heteroatoms. The van der Waals surface area contributed by atoms with Crippen molar-refractivity contribution in [2.75, 3.05) is 19.6 Å². The van der Waals surface area contributed by atoms with Crippen LogP contribution in [0, 0.1) is 0 Å². The largest absolute Gasteiger partial charge is 0.309 e. The molecule has 706 valence electrons. The Bertz CT molecular complexity index is 5210. The predicted molar refractivity (Wildman–Crippen MR) is 589 cm³/mol. The minimum absolute atomic E-state index is 0.130. The maximum atomic E-state index is 2.94. The molecule has 12 rings (SSSR count). The molecule has 0 radical (unpaired) electrons. The van der Waals surface area contributed by atoms with Crippen LogP contribution >= 0.6 is 0 Å². The van der Waals surface area contributed by atoms with Gasteiger partial charge in [0.1, 0.15) is 0 Å². The molecule has 0 N–H and O–H groups in total. The maximum Gasteiger partial charge on any atom is 0.0562 e. The molecule has 0 fully saturated rings. The summed E-state index contributed by atoms with van der Waals surface area (Å²) in [4.78, 5) is 11.7. The molecule has 0 aliphatic rings. The molecule has 0 aliphatic carbocycles. The van der Waals surface area contributed by atoms with Gasteiger partial charge in [-0.05, 0) is 240 Å². The molecule has 0 aromatic heterocycles. The lowest BCUT2D eigenvalue weighted by Gasteiger charge is -2.41. The third kappa shape index (κ3) is 19.2. The molecule has 4 nitrogen and oxygen atoms in total. The molecule has 0 saturated heterocycles. The van der Waals surface area contributed by atoms with E-state index in [0.29, 0.717) is 0 Å². The van der Waals surface area contributed by atoms with Gasteiger partial charge in [-0.1, -0.05) is 450 Å². The van der Waals surface area contributed by atoms with E-state index < -0.39 is 0 Å². The summed E-state index contributed by atoms with van der Waals surface area (Å²) in [5.41, 5.74) is 41.5. The molecular formula is C128H174N4. The lowest BCUT2D eigenvalue weighted by atomic mass is 9.79. The fourth-order valence-electron chi connectivity index (χ4n) is 21.2. The molecule has 0 spiro atoms. The molecule has 0 unspecified atom stereocenters. The highest BCUT2D eigenvalue weighted by Crippen LogP contribution is 2.63. The van der Waals surface area contributed by atoms with Gasteiger partial charge in [-0.3, -0.25) is 0 Å². The van der Waals surface area contributed by atoms with Crippen LogP contribution in [0.15, 0.2) is 158 Å². The summed E-state index contributed by atoms with van der Waals surface area (Å²) in [7, 11) is 0. The van der Waals surface area contributed by atoms with Crippen LogP contribution in [0.1, 0.15) is 511 Å². The second-order valence-corrected chi connectivity index (χ2v) is 48.9. The minimum Gasteiger partial charge on any atom is -0.309 e. The van der Waals surface area contributed by atoms with Crippen LogP contribution in [0.4, 0.5) is 68.2 Å². The number of benzene rings is 12. The number of nitrogens with zero attached hydrogens (tertiary/aromatic N) is 4. The summed E-state index contributed by atoms with van der Waals surface area (Å²) in [6, 6.07) is 66.8. The second-order valence-electron chi connectivity index (χ2n) is 48.9. The second kappa shape index (κ2) is 38.6. The highest BCUT2D eigenvalue weighted by atomic mass is 15.2. The van der Waals surface area contributed by atoms with Crippen LogP contribution in [0.2, 0.25) is 0 Å². The van der Waals surface area contributed by atoms with Crippen molar-refractivity contribution in [3.8, 4) is 0 Å². The van der Waals surface area contributed by atoms with E-state index in [1.807, 2.05) is 0 Å². The van der Waals surface area contributed by atoms with Crippen molar-refractivity contribution >= 4 is 101 Å². The Balaban J connectivity index is 1.60. The zero-order chi connectivity index (χ0) is 97.9. The number of hydrogen-bond donors (Lipinski definition) is 0. The topological polar surface area (TPSA) is 13.0 Å². The van der Waals surface area contributed by atoms with Crippen LogP contribution in [0.25, 0.3) is 32.3 Å². The molecule has 0 amide bonds. The Morgan fingerprint density at radius 2 is 0.265 bits per heavy atom. The normalized spacial score (nSPS) is 13.0. The highest BCUT2D eigenvalue weighted by molar-refractivity contribution is 6.33. The fourth-order valence-corrected chi connectivity index (χ4v) is 21.2. The first kappa shape index (κ1) is 102. The Morgan fingerprint density at radius 1 is 0.152 bits per heavy atom. The van der Waals surface area contributed by atoms with E-state index in [-0.39, 0.29) is 116 Å². The van der Waals surface area contributed by atoms with Gasteiger partial charge < -0.3 is 19.6 Å². The van der Waals surface area contributed by atoms with Crippen LogP contribution in [0.3, 0.4) is 0 Å². The van der Waals surface area contributed by atoms with Gasteiger partial charge in [-0.15, -0.1) is 0 Å². The van der Waals surface area contributed by atoms with Gasteiger partial charge in [0.15, 0.2) is 0 Å². The van der Waals surface area contributed by atoms with Crippen molar-refractivity contribution in [2.45, 2.75) is 421 Å². The van der Waals surface area contributed by atoms with E-state index in [4.69, 9.17) is 0 Å². The summed E-state index contributed by atoms with van der Waals surface area (Å²) in [5, 5.41) is 7.41. The predicted octanol–water partition coefficient (Wildman–Crippen LogP) is 41.6. The average molecular weight is 1770 g/mol. The minimum atomic E-state index is -0.144. The molecule has 0 atom stereocenters. The number of para-hydroxylation sites is 4. The summed E-state index contributed by atoms with van der Waals surface area (Å²) >= 11 is 0. The number of anilines is 12. The Hall–Kier alpha value is -9.12. The van der Waals surface area contributed by atoms with Crippen LogP contribution in [0.5, 0.6) is 0 Å². The van der Waals surface area contributed by atoms with Crippen molar-refractivity contribution in [1.29, 1.82) is 0 Å². The third-order valence-electron chi connectivity index (χ3n) is 29.0. The first-order valence-electron chi connectivity index (χ1n) is 51.6. The summed E-state index contributed by atoms with van der Waals surface area (Å²) < 4.78 is 0. The van der Waals surface area contributed by atoms with Gasteiger partial charge in [-0.25, -0.2) is 0 Å². The molecule has 0 aliphatic heterocycles. The fraction of sp³-hybridized carbons (Fsp3) is 0.500. The average Bonchev–Trinajstić information content (AvgIpc) is 0.686. The quantitative estimate of drug-likeness (QED) is 0.0453. The molecular weight excluding hydrogens is 1590 g/mol. The van der Waals surface area contributed by atoms with Crippen LogP contribution in [-0.4, -0.2) is 0 Å². The number of rotatable bonds is 28. The van der Waals surface area contributed by atoms with Crippen molar-refractivity contribution in [1.82, 2.24) is 0 Å². The van der Waals surface area contributed by atoms with Gasteiger partial charge in [0.05, 0.1) is 68.2 Å². The molecule has 12 aromatic rings. The van der Waals surface area contributed by atoms with Gasteiger partial charge in [0.2, 0.25) is 0 Å². The molecule has 0 bridgehead atoms. The monoisotopic (exact) mass is 1770 g/mol. The summed E-state index contributed by atoms with van der Waals surface area (Å²) in [6.07, 6.45) is 0. The van der Waals surface area contributed by atoms with Gasteiger partial charge >= 0.3 is 0 Å². The van der Waals surface area contributed by atoms with E-state index in [1.165, 1.54) is 212 Å². The first-order chi connectivity index (χ1) is 61.4. The molecule has 0 saturated carbocycles. The standard InChI is InChI=1S/C128H174N4/c1-71(2)91-49-45-50-92(72(3)4)117(91)129(121-103(79(17)18)61-87(125(33,34)35)62-104(121)80(19)20)111-69-112(130(118-93(73(5)6)51-46-52-94(118)74(7)8)122-105(81(21)22)63-88(126(36,37)38)64-106(122)82(23)24)100-59-60-102-114(132(120-97(77(13)14)55-48-56-98(120)78(15)16)124-109(85(29)30)67-90(128(42,43)44)68-110(124)86(31)32)70-113(101-58-57-99(111)115(100)116(101)102)131(119-95(75(9)10)53-47-54-96(119)76(11)12)123-107(83(25)26)65-89(127(39,40)41)66-108(123)84(27)28/h45-86H,1-44H3. The van der Waals surface area contributed by atoms with Crippen LogP contribution < -0.4 is 19.6 Å². The van der Waals surface area contributed by atoms with Crippen molar-refractivity contribution < 1.29 is 0 Å². The van der Waals surface area contributed by atoms with E-state index >= 15 is 0 Å². The van der Waals surface area contributed by atoms with Gasteiger partial charge in [0, 0.05) is 32.3 Å². The SMILES string of the molecule is CC(C)c1cccc(C(C)C)c1N(c1c(C(C)C)cc(C(C)(C)C)cc1C(C)C)c1cc(N(c2c(C(C)C)cccc2C(C)C)c2c(C(C)C)cc(C(C)(C)C)cc2C(C)C)c2ccc3c(N(c4c(C(C)C)cccc4C(C)C)c4c(C(C)C)cc(C(C)(C)C)cc4C(C)C)cc(N(c4c(C(C)C)cccc4C(C)C)c4c(C(C)C)cc(C(C)(C)C)cc4C(C)C)c4ccc1c2c43. The Morgan fingerprint density at radius 3 is 0.371 bits per heavy atom. The molecule has 0 heterocycles. The molecule has 132 heavy (non-hydrogen) atoms. The van der Waals surface area contributed by atoms with Crippen LogP contribution in [-0.2, 0) is 21.7 Å². The summed E-state index contributed by atoms with van der Waals surface area (Å²) in [5.74, 6) is 2.22. The maximum absolute atomic E-state index is 2.94. The summed E-state index contributed by atoms with van der Waals surface area (Å²) in [6.45, 7) is 108. The van der Waals surface area contributed by atoms with E-state index in [9.17, 15) is 0 Å². The zero-order valence-corrected chi connectivity index (χ0v) is 91.0. The number of hydrogen-bond acceptors (Lipinski definition) is 4. The Kier molecular flexibility index (Phi) is 29.8. The lowest BCUT2D eigenvalue weighted by Crippen LogP contribution is -2.24. The van der Waals surface area contributed by atoms with E-state index in [1.54, 1.807) is 0 Å². The van der Waals surface area contributed by atoms with Crippen molar-refractivity contribution in [3.05, 3.63) is 269 Å². The van der Waals surface area contributed by atoms with Gasteiger partial charge in [-0.2, -0.15) is 0 Å². The lowest BCUT2D eigenvalue weighted by molar-refractivity contribution is 0.586. The van der Waals surface area contributed by atoms with Gasteiger partial charge in [0.25, 0.3) is 0 Å². The van der Waals surface area contributed by atoms with E-state index in [2.05, 4.69) is 482 Å². The molecule has 12 aromatic carbocycles. The Labute approximate surface area is 804 Å². The third-order valence-corrected chi connectivity index (χ3v) is 29.0. The van der Waals surface area contributed by atoms with Crippen molar-refractivity contribution in [2.24, 2.45) is 0 Å². The zero-order valence-electron chi connectivity index (χ0n) is 91.0. The highest BCUT2D eigenvalue weighted by Gasteiger charge is 2.41. The van der Waals surface area contributed by atoms with E-state index in [0.717, 1.165) is 0 Å².